The summed E-state index contributed by atoms with van der Waals surface area (Å²) in [4.78, 5) is -1.27. The molecular weight excluding hydrogens is 239 g/mol. The van der Waals surface area contributed by atoms with Crippen molar-refractivity contribution in [2.45, 2.75) is 38.6 Å². The van der Waals surface area contributed by atoms with Crippen molar-refractivity contribution in [3.63, 3.8) is 0 Å². The summed E-state index contributed by atoms with van der Waals surface area (Å²) in [6.45, 7) is 7.99. The van der Waals surface area contributed by atoms with E-state index in [2.05, 4.69) is 0 Å². The van der Waals surface area contributed by atoms with E-state index in [0.29, 0.717) is 13.2 Å². The highest BCUT2D eigenvalue weighted by Gasteiger charge is 2.70. The SMILES string of the molecule is CCOP(=O)(OCC)[C@]1(Cl)O[C@H]1C(C)C. The minimum Gasteiger partial charge on any atom is -0.338 e. The molecule has 4 nitrogen and oxygen atoms in total. The largest absolute Gasteiger partial charge is 0.380 e. The molecule has 0 aliphatic carbocycles. The van der Waals surface area contributed by atoms with Crippen LogP contribution >= 0.6 is 19.2 Å². The fourth-order valence-corrected chi connectivity index (χ4v) is 4.06. The van der Waals surface area contributed by atoms with Gasteiger partial charge in [-0.1, -0.05) is 25.4 Å². The predicted molar refractivity (Wildman–Crippen MR) is 59.2 cm³/mol. The lowest BCUT2D eigenvalue weighted by atomic mass is 10.1. The van der Waals surface area contributed by atoms with Crippen molar-refractivity contribution in [2.24, 2.45) is 5.92 Å². The summed E-state index contributed by atoms with van der Waals surface area (Å²) in [5.41, 5.74) is 0. The van der Waals surface area contributed by atoms with Gasteiger partial charge in [0.2, 0.25) is 0 Å². The number of epoxide rings is 1. The highest BCUT2D eigenvalue weighted by atomic mass is 35.5. The molecule has 1 rings (SSSR count). The van der Waals surface area contributed by atoms with E-state index in [4.69, 9.17) is 25.4 Å². The third-order valence-electron chi connectivity index (χ3n) is 2.16. The van der Waals surface area contributed by atoms with Gasteiger partial charge >= 0.3 is 7.60 Å². The lowest BCUT2D eigenvalue weighted by Gasteiger charge is -2.19. The van der Waals surface area contributed by atoms with Crippen LogP contribution in [0.3, 0.4) is 0 Å². The highest BCUT2D eigenvalue weighted by molar-refractivity contribution is 7.58. The molecule has 0 spiro atoms. The Morgan fingerprint density at radius 3 is 2.13 bits per heavy atom. The first-order valence-electron chi connectivity index (χ1n) is 5.17. The molecule has 1 aliphatic heterocycles. The molecule has 1 heterocycles. The first-order chi connectivity index (χ1) is 6.91. The molecule has 0 bridgehead atoms. The van der Waals surface area contributed by atoms with E-state index >= 15 is 0 Å². The van der Waals surface area contributed by atoms with Gasteiger partial charge < -0.3 is 13.8 Å². The Kier molecular flexibility index (Phi) is 4.24. The summed E-state index contributed by atoms with van der Waals surface area (Å²) < 4.78 is 27.9. The van der Waals surface area contributed by atoms with E-state index in [0.717, 1.165) is 0 Å². The number of ether oxygens (including phenoxy) is 1. The van der Waals surface area contributed by atoms with Crippen LogP contribution in [-0.2, 0) is 18.3 Å². The van der Waals surface area contributed by atoms with Crippen molar-refractivity contribution < 1.29 is 18.3 Å². The minimum absolute atomic E-state index is 0.191. The van der Waals surface area contributed by atoms with Crippen LogP contribution in [0.25, 0.3) is 0 Å². The lowest BCUT2D eigenvalue weighted by molar-refractivity contribution is 0.202. The first kappa shape index (κ1) is 13.5. The van der Waals surface area contributed by atoms with E-state index in [-0.39, 0.29) is 12.0 Å². The summed E-state index contributed by atoms with van der Waals surface area (Å²) in [5.74, 6) is 0.191. The van der Waals surface area contributed by atoms with Gasteiger partial charge in [-0.3, -0.25) is 4.57 Å². The van der Waals surface area contributed by atoms with Gasteiger partial charge in [0.15, 0.2) is 0 Å². The third kappa shape index (κ3) is 2.40. The summed E-state index contributed by atoms with van der Waals surface area (Å²) in [6.07, 6.45) is -0.261. The average molecular weight is 257 g/mol. The van der Waals surface area contributed by atoms with Crippen molar-refractivity contribution in [3.05, 3.63) is 0 Å². The van der Waals surface area contributed by atoms with Gasteiger partial charge in [-0.25, -0.2) is 0 Å². The Bertz CT molecular complexity index is 261. The fraction of sp³-hybridized carbons (Fsp3) is 1.00. The molecule has 0 saturated carbocycles. The second-order valence-corrected chi connectivity index (χ2v) is 6.73. The number of hydrogen-bond acceptors (Lipinski definition) is 4. The van der Waals surface area contributed by atoms with E-state index in [1.165, 1.54) is 0 Å². The topological polar surface area (TPSA) is 48.1 Å². The third-order valence-corrected chi connectivity index (χ3v) is 5.39. The quantitative estimate of drug-likeness (QED) is 0.416. The van der Waals surface area contributed by atoms with Crippen LogP contribution in [0.15, 0.2) is 0 Å². The molecular formula is C9H18ClO4P. The van der Waals surface area contributed by atoms with Crippen molar-refractivity contribution >= 4 is 19.2 Å². The molecule has 15 heavy (non-hydrogen) atoms. The van der Waals surface area contributed by atoms with Crippen LogP contribution in [0, 0.1) is 5.92 Å². The number of halogens is 1. The monoisotopic (exact) mass is 256 g/mol. The van der Waals surface area contributed by atoms with Crippen LogP contribution in [0.4, 0.5) is 0 Å². The smallest absolute Gasteiger partial charge is 0.338 e. The van der Waals surface area contributed by atoms with E-state index in [1.807, 2.05) is 13.8 Å². The van der Waals surface area contributed by atoms with Crippen LogP contribution in [-0.4, -0.2) is 24.1 Å². The second kappa shape index (κ2) is 4.72. The summed E-state index contributed by atoms with van der Waals surface area (Å²) >= 11 is 6.13. The zero-order chi connectivity index (χ0) is 11.7. The second-order valence-electron chi connectivity index (χ2n) is 3.72. The first-order valence-corrected chi connectivity index (χ1v) is 7.09. The van der Waals surface area contributed by atoms with Gasteiger partial charge in [0, 0.05) is 0 Å². The zero-order valence-electron chi connectivity index (χ0n) is 9.53. The van der Waals surface area contributed by atoms with Gasteiger partial charge in [0.1, 0.15) is 6.10 Å². The molecule has 1 fully saturated rings. The van der Waals surface area contributed by atoms with Crippen LogP contribution in [0.2, 0.25) is 0 Å². The summed E-state index contributed by atoms with van der Waals surface area (Å²) in [7, 11) is -3.36. The molecule has 0 N–H and O–H groups in total. The Balaban J connectivity index is 2.78. The Morgan fingerprint density at radius 2 is 1.87 bits per heavy atom. The van der Waals surface area contributed by atoms with Crippen LogP contribution in [0.5, 0.6) is 0 Å². The van der Waals surface area contributed by atoms with Crippen molar-refractivity contribution in [1.82, 2.24) is 0 Å². The molecule has 0 amide bonds. The van der Waals surface area contributed by atoms with Crippen molar-refractivity contribution in [1.29, 1.82) is 0 Å². The molecule has 0 unspecified atom stereocenters. The number of alkyl halides is 1. The van der Waals surface area contributed by atoms with Crippen molar-refractivity contribution in [3.8, 4) is 0 Å². The molecule has 1 saturated heterocycles. The maximum atomic E-state index is 12.3. The van der Waals surface area contributed by atoms with Crippen LogP contribution < -0.4 is 0 Å². The molecule has 0 aromatic heterocycles. The molecule has 1 aliphatic rings. The normalized spacial score (nSPS) is 30.9. The highest BCUT2D eigenvalue weighted by Crippen LogP contribution is 2.73. The predicted octanol–water partition coefficient (Wildman–Crippen LogP) is 3.20. The van der Waals surface area contributed by atoms with E-state index < -0.39 is 12.4 Å². The summed E-state index contributed by atoms with van der Waals surface area (Å²) in [6, 6.07) is 0. The van der Waals surface area contributed by atoms with E-state index in [1.54, 1.807) is 13.8 Å². The molecule has 2 atom stereocenters. The fourth-order valence-electron chi connectivity index (χ4n) is 1.46. The van der Waals surface area contributed by atoms with E-state index in [9.17, 15) is 4.57 Å². The Morgan fingerprint density at radius 1 is 1.40 bits per heavy atom. The Hall–Kier alpha value is 0.400. The standard InChI is InChI=1S/C9H18ClO4P/c1-5-12-15(11,13-6-2)9(10)8(14-9)7(3)4/h7-8H,5-6H2,1-4H3/t8-,9+/m0/s1. The van der Waals surface area contributed by atoms with Gasteiger partial charge in [0.25, 0.3) is 4.80 Å². The van der Waals surface area contributed by atoms with Crippen molar-refractivity contribution in [2.75, 3.05) is 13.2 Å². The number of hydrogen-bond donors (Lipinski definition) is 0. The Labute approximate surface area is 95.8 Å². The molecule has 90 valence electrons. The average Bonchev–Trinajstić information content (AvgIpc) is 2.81. The van der Waals surface area contributed by atoms with Gasteiger partial charge in [-0.2, -0.15) is 0 Å². The maximum Gasteiger partial charge on any atom is 0.380 e. The van der Waals surface area contributed by atoms with Gasteiger partial charge in [-0.05, 0) is 19.8 Å². The molecule has 0 radical (unpaired) electrons. The lowest BCUT2D eigenvalue weighted by Crippen LogP contribution is -2.15. The van der Waals surface area contributed by atoms with Gasteiger partial charge in [-0.15, -0.1) is 0 Å². The molecule has 0 aromatic rings. The minimum atomic E-state index is -3.36. The molecule has 0 aromatic carbocycles. The number of rotatable bonds is 6. The molecule has 6 heteroatoms. The van der Waals surface area contributed by atoms with Crippen LogP contribution in [0.1, 0.15) is 27.7 Å². The van der Waals surface area contributed by atoms with Gasteiger partial charge in [0.05, 0.1) is 13.2 Å². The maximum absolute atomic E-state index is 12.3. The summed E-state index contributed by atoms with van der Waals surface area (Å²) in [5, 5.41) is 0. The zero-order valence-corrected chi connectivity index (χ0v) is 11.2.